The van der Waals surface area contributed by atoms with Gasteiger partial charge in [-0.25, -0.2) is 0 Å². The molecule has 0 radical (unpaired) electrons. The predicted molar refractivity (Wildman–Crippen MR) is 94.6 cm³/mol. The highest BCUT2D eigenvalue weighted by molar-refractivity contribution is 4.49. The Morgan fingerprint density at radius 3 is 1.05 bits per heavy atom. The number of nitrogens with zero attached hydrogens (tertiary/aromatic N) is 1. The summed E-state index contributed by atoms with van der Waals surface area (Å²) in [6.45, 7) is 1.69. The van der Waals surface area contributed by atoms with Crippen molar-refractivity contribution in [1.82, 2.24) is 0 Å². The molecule has 0 saturated carbocycles. The molecule has 0 saturated heterocycles. The first-order valence-corrected chi connectivity index (χ1v) is 9.47. The van der Waals surface area contributed by atoms with E-state index in [1.54, 1.807) is 0 Å². The lowest BCUT2D eigenvalue weighted by molar-refractivity contribution is -0.870. The van der Waals surface area contributed by atoms with Gasteiger partial charge in [-0.05, 0) is 19.3 Å². The van der Waals surface area contributed by atoms with Gasteiger partial charge in [0.15, 0.2) is 0 Å². The lowest BCUT2D eigenvalue weighted by atomic mass is 10.0. The fraction of sp³-hybridized carbons (Fsp3) is 1.00. The molecule has 1 N–H and O–H groups in total. The lowest BCUT2D eigenvalue weighted by Gasteiger charge is -2.23. The molecule has 0 aromatic carbocycles. The smallest absolute Gasteiger partial charge is 0.0780 e. The van der Waals surface area contributed by atoms with Crippen LogP contribution in [0.5, 0.6) is 0 Å². The number of aliphatic hydroxyl groups excluding tert-OH is 1. The molecule has 0 aliphatic rings. The Kier molecular flexibility index (Phi) is 19.9. The Balaban J connectivity index is 0. The van der Waals surface area contributed by atoms with Crippen molar-refractivity contribution in [3.8, 4) is 0 Å². The van der Waals surface area contributed by atoms with E-state index in [4.69, 9.17) is 5.11 Å². The lowest BCUT2D eigenvalue weighted by Crippen LogP contribution is -3.00. The van der Waals surface area contributed by atoms with Crippen molar-refractivity contribution in [2.75, 3.05) is 34.3 Å². The Hall–Kier alpha value is 0.400. The summed E-state index contributed by atoms with van der Waals surface area (Å²) in [6.07, 6.45) is 19.2. The van der Waals surface area contributed by atoms with Gasteiger partial charge in [-0.15, -0.1) is 0 Å². The topological polar surface area (TPSA) is 20.2 Å². The van der Waals surface area contributed by atoms with E-state index in [1.807, 2.05) is 0 Å². The molecule has 0 rings (SSSR count). The van der Waals surface area contributed by atoms with Crippen LogP contribution < -0.4 is 17.0 Å². The van der Waals surface area contributed by atoms with Crippen LogP contribution >= 0.6 is 0 Å². The summed E-state index contributed by atoms with van der Waals surface area (Å²) in [4.78, 5) is 0. The predicted octanol–water partition coefficient (Wildman–Crippen LogP) is 2.15. The molecule has 0 atom stereocenters. The SMILES string of the molecule is C[N+](C)(C)CCCCCCCCCCCCCCCCO.[Br-]. The van der Waals surface area contributed by atoms with Crippen molar-refractivity contribution >= 4 is 0 Å². The minimum absolute atomic E-state index is 0. The third-order valence-electron chi connectivity index (χ3n) is 4.24. The first kappa shape index (κ1) is 24.6. The summed E-state index contributed by atoms with van der Waals surface area (Å²) in [5.74, 6) is 0. The third kappa shape index (κ3) is 22.7. The standard InChI is InChI=1S/C19H42NO.BrH/c1-20(2,3)18-16-14-12-10-8-6-4-5-7-9-11-13-15-17-19-21;/h21H,4-19H2,1-3H3;1H/q+1;/p-1. The van der Waals surface area contributed by atoms with Gasteiger partial charge >= 0.3 is 0 Å². The van der Waals surface area contributed by atoms with E-state index in [-0.39, 0.29) is 17.0 Å². The molecule has 0 unspecified atom stereocenters. The maximum atomic E-state index is 8.69. The second kappa shape index (κ2) is 17.7. The molecule has 0 aromatic heterocycles. The first-order valence-electron chi connectivity index (χ1n) is 9.47. The minimum Gasteiger partial charge on any atom is -1.00 e. The van der Waals surface area contributed by atoms with Crippen LogP contribution in [0, 0.1) is 0 Å². The van der Waals surface area contributed by atoms with Crippen LogP contribution in [-0.4, -0.2) is 43.9 Å². The number of quaternary nitrogens is 1. The summed E-state index contributed by atoms with van der Waals surface area (Å²) in [5.41, 5.74) is 0. The summed E-state index contributed by atoms with van der Waals surface area (Å²) in [5, 5.41) is 8.69. The van der Waals surface area contributed by atoms with Gasteiger partial charge in [0.05, 0.1) is 27.7 Å². The molecule has 22 heavy (non-hydrogen) atoms. The number of rotatable bonds is 16. The molecule has 0 aliphatic heterocycles. The molecule has 0 bridgehead atoms. The summed E-state index contributed by atoms with van der Waals surface area (Å²) < 4.78 is 1.11. The zero-order chi connectivity index (χ0) is 15.8. The van der Waals surface area contributed by atoms with Crippen LogP contribution in [0.3, 0.4) is 0 Å². The molecule has 0 amide bonds. The van der Waals surface area contributed by atoms with Gasteiger partial charge in [0.25, 0.3) is 0 Å². The molecular weight excluding hydrogens is 338 g/mol. The van der Waals surface area contributed by atoms with Crippen molar-refractivity contribution in [1.29, 1.82) is 0 Å². The van der Waals surface area contributed by atoms with Gasteiger partial charge in [-0.1, -0.05) is 70.6 Å². The molecule has 136 valence electrons. The van der Waals surface area contributed by atoms with Gasteiger partial charge in [0, 0.05) is 6.61 Å². The molecular formula is C19H42BrNO. The number of hydrogen-bond acceptors (Lipinski definition) is 1. The molecule has 0 fully saturated rings. The Morgan fingerprint density at radius 1 is 0.500 bits per heavy atom. The van der Waals surface area contributed by atoms with E-state index in [0.29, 0.717) is 6.61 Å². The molecule has 3 heteroatoms. The van der Waals surface area contributed by atoms with Gasteiger partial charge in [-0.2, -0.15) is 0 Å². The van der Waals surface area contributed by atoms with Crippen LogP contribution in [0.2, 0.25) is 0 Å². The Bertz CT molecular complexity index is 204. The van der Waals surface area contributed by atoms with Crippen LogP contribution in [0.15, 0.2) is 0 Å². The second-order valence-corrected chi connectivity index (χ2v) is 7.69. The number of aliphatic hydroxyl groups is 1. The fourth-order valence-corrected chi connectivity index (χ4v) is 2.82. The molecule has 0 aromatic rings. The van der Waals surface area contributed by atoms with Crippen LogP contribution in [0.1, 0.15) is 89.9 Å². The van der Waals surface area contributed by atoms with Crippen LogP contribution in [-0.2, 0) is 0 Å². The van der Waals surface area contributed by atoms with Crippen molar-refractivity contribution in [3.63, 3.8) is 0 Å². The zero-order valence-corrected chi connectivity index (χ0v) is 17.2. The van der Waals surface area contributed by atoms with Crippen molar-refractivity contribution in [3.05, 3.63) is 0 Å². The number of hydrogen-bond donors (Lipinski definition) is 1. The van der Waals surface area contributed by atoms with E-state index in [0.717, 1.165) is 10.9 Å². The Morgan fingerprint density at radius 2 is 0.773 bits per heavy atom. The quantitative estimate of drug-likeness (QED) is 0.321. The average molecular weight is 380 g/mol. The van der Waals surface area contributed by atoms with Crippen molar-refractivity contribution in [2.45, 2.75) is 89.9 Å². The van der Waals surface area contributed by atoms with E-state index >= 15 is 0 Å². The maximum absolute atomic E-state index is 8.69. The third-order valence-corrected chi connectivity index (χ3v) is 4.24. The van der Waals surface area contributed by atoms with Crippen LogP contribution in [0.4, 0.5) is 0 Å². The maximum Gasteiger partial charge on any atom is 0.0780 e. The van der Waals surface area contributed by atoms with Gasteiger partial charge in [0.1, 0.15) is 0 Å². The molecule has 0 aliphatic carbocycles. The largest absolute Gasteiger partial charge is 1.00 e. The van der Waals surface area contributed by atoms with E-state index in [9.17, 15) is 0 Å². The average Bonchev–Trinajstić information content (AvgIpc) is 2.42. The zero-order valence-electron chi connectivity index (χ0n) is 15.6. The fourth-order valence-electron chi connectivity index (χ4n) is 2.82. The number of halogens is 1. The molecule has 2 nitrogen and oxygen atoms in total. The van der Waals surface area contributed by atoms with Gasteiger partial charge in [0.2, 0.25) is 0 Å². The summed E-state index contributed by atoms with van der Waals surface area (Å²) in [6, 6.07) is 0. The van der Waals surface area contributed by atoms with E-state index < -0.39 is 0 Å². The van der Waals surface area contributed by atoms with Crippen molar-refractivity contribution in [2.24, 2.45) is 0 Å². The number of unbranched alkanes of at least 4 members (excludes halogenated alkanes) is 13. The van der Waals surface area contributed by atoms with Crippen LogP contribution in [0.25, 0.3) is 0 Å². The monoisotopic (exact) mass is 379 g/mol. The van der Waals surface area contributed by atoms with E-state index in [2.05, 4.69) is 21.1 Å². The normalized spacial score (nSPS) is 11.5. The summed E-state index contributed by atoms with van der Waals surface area (Å²) in [7, 11) is 6.85. The molecule has 0 spiro atoms. The highest BCUT2D eigenvalue weighted by Gasteiger charge is 2.04. The minimum atomic E-state index is 0. The van der Waals surface area contributed by atoms with E-state index in [1.165, 1.54) is 90.0 Å². The highest BCUT2D eigenvalue weighted by atomic mass is 79.9. The summed E-state index contributed by atoms with van der Waals surface area (Å²) >= 11 is 0. The van der Waals surface area contributed by atoms with Crippen molar-refractivity contribution < 1.29 is 26.6 Å². The highest BCUT2D eigenvalue weighted by Crippen LogP contribution is 2.13. The van der Waals surface area contributed by atoms with Gasteiger partial charge < -0.3 is 26.6 Å². The Labute approximate surface area is 151 Å². The molecule has 0 heterocycles. The second-order valence-electron chi connectivity index (χ2n) is 7.69. The first-order chi connectivity index (χ1) is 10.1. The van der Waals surface area contributed by atoms with Gasteiger partial charge in [-0.3, -0.25) is 0 Å².